The molecule has 0 amide bonds. The molecule has 82 valence electrons. The minimum atomic E-state index is -0.165. The first kappa shape index (κ1) is 10.6. The Hall–Kier alpha value is -0.890. The molecule has 2 N–H and O–H groups in total. The summed E-state index contributed by atoms with van der Waals surface area (Å²) in [6.07, 6.45) is 4.12. The van der Waals surface area contributed by atoms with Crippen molar-refractivity contribution >= 4 is 0 Å². The van der Waals surface area contributed by atoms with Gasteiger partial charge < -0.3 is 5.73 Å². The maximum atomic E-state index is 13.0. The molecular formula is C13H18FN. The molecule has 15 heavy (non-hydrogen) atoms. The van der Waals surface area contributed by atoms with Crippen molar-refractivity contribution in [1.82, 2.24) is 0 Å². The molecule has 1 aromatic rings. The van der Waals surface area contributed by atoms with E-state index in [1.807, 2.05) is 6.07 Å². The molecule has 1 aromatic carbocycles. The summed E-state index contributed by atoms with van der Waals surface area (Å²) in [6.45, 7) is 2.24. The van der Waals surface area contributed by atoms with Gasteiger partial charge in [-0.25, -0.2) is 4.39 Å². The van der Waals surface area contributed by atoms with Gasteiger partial charge in [0.2, 0.25) is 0 Å². The molecule has 1 aliphatic rings. The van der Waals surface area contributed by atoms with Crippen molar-refractivity contribution < 1.29 is 4.39 Å². The number of halogens is 1. The largest absolute Gasteiger partial charge is 0.325 e. The predicted octanol–water partition coefficient (Wildman–Crippen LogP) is 2.89. The van der Waals surface area contributed by atoms with Crippen LogP contribution in [0.1, 0.15) is 31.7 Å². The Morgan fingerprint density at radius 2 is 2.33 bits per heavy atom. The van der Waals surface area contributed by atoms with E-state index in [0.29, 0.717) is 5.92 Å². The highest BCUT2D eigenvalue weighted by atomic mass is 19.1. The Morgan fingerprint density at radius 3 is 2.93 bits per heavy atom. The Bertz CT molecular complexity index is 350. The van der Waals surface area contributed by atoms with Crippen LogP contribution >= 0.6 is 0 Å². The van der Waals surface area contributed by atoms with E-state index in [0.717, 1.165) is 24.8 Å². The zero-order valence-corrected chi connectivity index (χ0v) is 9.17. The summed E-state index contributed by atoms with van der Waals surface area (Å²) in [4.78, 5) is 0. The van der Waals surface area contributed by atoms with Gasteiger partial charge in [0, 0.05) is 5.54 Å². The third-order valence-corrected chi connectivity index (χ3v) is 3.34. The zero-order chi connectivity index (χ0) is 10.9. The monoisotopic (exact) mass is 207 g/mol. The van der Waals surface area contributed by atoms with Crippen LogP contribution in [0.4, 0.5) is 4.39 Å². The van der Waals surface area contributed by atoms with E-state index in [1.165, 1.54) is 12.5 Å². The molecule has 0 aromatic heterocycles. The summed E-state index contributed by atoms with van der Waals surface area (Å²) >= 11 is 0. The third kappa shape index (κ3) is 2.57. The molecule has 1 fully saturated rings. The highest BCUT2D eigenvalue weighted by Crippen LogP contribution is 2.34. The average molecular weight is 207 g/mol. The Kier molecular flexibility index (Phi) is 2.79. The van der Waals surface area contributed by atoms with E-state index in [4.69, 9.17) is 5.73 Å². The van der Waals surface area contributed by atoms with E-state index in [9.17, 15) is 4.39 Å². The van der Waals surface area contributed by atoms with Crippen molar-refractivity contribution in [2.75, 3.05) is 0 Å². The lowest BCUT2D eigenvalue weighted by atomic mass is 9.89. The summed E-state index contributed by atoms with van der Waals surface area (Å²) in [6, 6.07) is 6.79. The van der Waals surface area contributed by atoms with Gasteiger partial charge in [0.15, 0.2) is 0 Å². The minimum absolute atomic E-state index is 0.104. The molecule has 0 heterocycles. The standard InChI is InChI=1S/C13H18FN/c1-10-5-6-13(15,8-10)9-11-3-2-4-12(14)7-11/h2-4,7,10H,5-6,8-9,15H2,1H3. The van der Waals surface area contributed by atoms with Crippen LogP contribution in [0.5, 0.6) is 0 Å². The van der Waals surface area contributed by atoms with Gasteiger partial charge in [-0.2, -0.15) is 0 Å². The van der Waals surface area contributed by atoms with Crippen LogP contribution in [-0.2, 0) is 6.42 Å². The van der Waals surface area contributed by atoms with Crippen molar-refractivity contribution in [2.24, 2.45) is 11.7 Å². The summed E-state index contributed by atoms with van der Waals surface area (Å²) < 4.78 is 13.0. The molecule has 0 aliphatic heterocycles. The maximum absolute atomic E-state index is 13.0. The van der Waals surface area contributed by atoms with E-state index in [2.05, 4.69) is 6.92 Å². The molecule has 2 rings (SSSR count). The molecule has 1 saturated carbocycles. The first-order valence-electron chi connectivity index (χ1n) is 5.61. The average Bonchev–Trinajstić information content (AvgIpc) is 2.45. The van der Waals surface area contributed by atoms with Crippen molar-refractivity contribution in [3.63, 3.8) is 0 Å². The number of hydrogen-bond acceptors (Lipinski definition) is 1. The lowest BCUT2D eigenvalue weighted by Crippen LogP contribution is -2.39. The Labute approximate surface area is 90.5 Å². The number of rotatable bonds is 2. The molecule has 0 bridgehead atoms. The second kappa shape index (κ2) is 3.93. The molecule has 1 aliphatic carbocycles. The van der Waals surface area contributed by atoms with Gasteiger partial charge in [0.25, 0.3) is 0 Å². The van der Waals surface area contributed by atoms with Crippen LogP contribution in [0.15, 0.2) is 24.3 Å². The zero-order valence-electron chi connectivity index (χ0n) is 9.17. The van der Waals surface area contributed by atoms with E-state index < -0.39 is 0 Å². The van der Waals surface area contributed by atoms with E-state index >= 15 is 0 Å². The quantitative estimate of drug-likeness (QED) is 0.792. The number of benzene rings is 1. The van der Waals surface area contributed by atoms with Gasteiger partial charge in [-0.05, 0) is 49.3 Å². The molecule has 2 heteroatoms. The van der Waals surface area contributed by atoms with Crippen LogP contribution in [0.25, 0.3) is 0 Å². The van der Waals surface area contributed by atoms with Crippen LogP contribution < -0.4 is 5.73 Å². The van der Waals surface area contributed by atoms with Crippen LogP contribution in [0.3, 0.4) is 0 Å². The van der Waals surface area contributed by atoms with Crippen molar-refractivity contribution in [3.05, 3.63) is 35.6 Å². The van der Waals surface area contributed by atoms with Gasteiger partial charge in [0.1, 0.15) is 5.82 Å². The topological polar surface area (TPSA) is 26.0 Å². The third-order valence-electron chi connectivity index (χ3n) is 3.34. The highest BCUT2D eigenvalue weighted by Gasteiger charge is 2.33. The lowest BCUT2D eigenvalue weighted by molar-refractivity contribution is 0.418. The van der Waals surface area contributed by atoms with Crippen LogP contribution in [0.2, 0.25) is 0 Å². The molecule has 2 unspecified atom stereocenters. The second-order valence-corrected chi connectivity index (χ2v) is 5.02. The molecule has 0 radical (unpaired) electrons. The van der Waals surface area contributed by atoms with Crippen molar-refractivity contribution in [2.45, 2.75) is 38.1 Å². The van der Waals surface area contributed by atoms with Gasteiger partial charge in [-0.1, -0.05) is 19.1 Å². The SMILES string of the molecule is CC1CCC(N)(Cc2cccc(F)c2)C1. The second-order valence-electron chi connectivity index (χ2n) is 5.02. The molecular weight excluding hydrogens is 189 g/mol. The first-order chi connectivity index (χ1) is 7.07. The minimum Gasteiger partial charge on any atom is -0.325 e. The summed E-state index contributed by atoms with van der Waals surface area (Å²) in [5.41, 5.74) is 7.23. The Morgan fingerprint density at radius 1 is 1.53 bits per heavy atom. The maximum Gasteiger partial charge on any atom is 0.123 e. The summed E-state index contributed by atoms with van der Waals surface area (Å²) in [5, 5.41) is 0. The van der Waals surface area contributed by atoms with E-state index in [1.54, 1.807) is 12.1 Å². The Balaban J connectivity index is 2.08. The molecule has 2 atom stereocenters. The lowest BCUT2D eigenvalue weighted by Gasteiger charge is -2.24. The van der Waals surface area contributed by atoms with Gasteiger partial charge >= 0.3 is 0 Å². The molecule has 0 spiro atoms. The van der Waals surface area contributed by atoms with Crippen LogP contribution in [-0.4, -0.2) is 5.54 Å². The van der Waals surface area contributed by atoms with E-state index in [-0.39, 0.29) is 11.4 Å². The first-order valence-corrected chi connectivity index (χ1v) is 5.61. The fourth-order valence-corrected chi connectivity index (χ4v) is 2.65. The van der Waals surface area contributed by atoms with Crippen molar-refractivity contribution in [1.29, 1.82) is 0 Å². The van der Waals surface area contributed by atoms with Crippen molar-refractivity contribution in [3.8, 4) is 0 Å². The summed E-state index contributed by atoms with van der Waals surface area (Å²) in [7, 11) is 0. The fraction of sp³-hybridized carbons (Fsp3) is 0.538. The molecule has 1 nitrogen and oxygen atoms in total. The normalized spacial score (nSPS) is 30.7. The van der Waals surface area contributed by atoms with Gasteiger partial charge in [-0.3, -0.25) is 0 Å². The number of hydrogen-bond donors (Lipinski definition) is 1. The highest BCUT2D eigenvalue weighted by molar-refractivity contribution is 5.19. The van der Waals surface area contributed by atoms with Gasteiger partial charge in [0.05, 0.1) is 0 Å². The van der Waals surface area contributed by atoms with Crippen LogP contribution in [0, 0.1) is 11.7 Å². The number of nitrogens with two attached hydrogens (primary N) is 1. The summed E-state index contributed by atoms with van der Waals surface area (Å²) in [5.74, 6) is 0.547. The fourth-order valence-electron chi connectivity index (χ4n) is 2.65. The predicted molar refractivity (Wildman–Crippen MR) is 60.0 cm³/mol. The smallest absolute Gasteiger partial charge is 0.123 e. The van der Waals surface area contributed by atoms with Gasteiger partial charge in [-0.15, -0.1) is 0 Å². The molecule has 0 saturated heterocycles.